The Morgan fingerprint density at radius 2 is 1.45 bits per heavy atom. The number of amides is 1. The van der Waals surface area contributed by atoms with Crippen LogP contribution in [0.1, 0.15) is 15.9 Å². The number of aryl methyl sites for hydroxylation is 1. The largest absolute Gasteiger partial charge is 0.497 e. The summed E-state index contributed by atoms with van der Waals surface area (Å²) in [4.78, 5) is 21.2. The van der Waals surface area contributed by atoms with Crippen molar-refractivity contribution in [1.29, 1.82) is 0 Å². The van der Waals surface area contributed by atoms with Crippen molar-refractivity contribution in [1.82, 2.24) is 9.97 Å². The van der Waals surface area contributed by atoms with Gasteiger partial charge in [-0.25, -0.2) is 9.97 Å². The molecule has 0 radical (unpaired) electrons. The van der Waals surface area contributed by atoms with Crippen molar-refractivity contribution in [3.63, 3.8) is 0 Å². The minimum atomic E-state index is -0.274. The Hall–Kier alpha value is -4.39. The highest BCUT2D eigenvalue weighted by molar-refractivity contribution is 6.05. The van der Waals surface area contributed by atoms with Crippen LogP contribution in [0.4, 0.5) is 5.69 Å². The molecule has 1 amide bonds. The fourth-order valence-corrected chi connectivity index (χ4v) is 3.14. The summed E-state index contributed by atoms with van der Waals surface area (Å²) in [5, 5.41) is 2.84. The first kappa shape index (κ1) is 21.8. The minimum Gasteiger partial charge on any atom is -0.497 e. The number of ether oxygens (including phenoxy) is 3. The number of nitrogens with zero attached hydrogens (tertiary/aromatic N) is 2. The fraction of sp³-hybridized carbons (Fsp3) is 0.115. The van der Waals surface area contributed by atoms with E-state index >= 15 is 0 Å². The summed E-state index contributed by atoms with van der Waals surface area (Å²) in [6.45, 7) is 2.04. The van der Waals surface area contributed by atoms with E-state index in [1.54, 1.807) is 62.0 Å². The van der Waals surface area contributed by atoms with Gasteiger partial charge in [-0.05, 0) is 48.9 Å². The van der Waals surface area contributed by atoms with Gasteiger partial charge in [-0.2, -0.15) is 0 Å². The van der Waals surface area contributed by atoms with Crippen molar-refractivity contribution in [3.8, 4) is 34.4 Å². The average molecular weight is 441 g/mol. The van der Waals surface area contributed by atoms with Crippen molar-refractivity contribution in [3.05, 3.63) is 90.3 Å². The number of hydrogen-bond acceptors (Lipinski definition) is 6. The molecule has 1 aromatic heterocycles. The summed E-state index contributed by atoms with van der Waals surface area (Å²) in [5.74, 6) is 1.40. The monoisotopic (exact) mass is 441 g/mol. The van der Waals surface area contributed by atoms with Gasteiger partial charge < -0.3 is 19.5 Å². The lowest BCUT2D eigenvalue weighted by atomic mass is 10.1. The molecule has 7 heteroatoms. The molecule has 0 saturated carbocycles. The predicted octanol–water partition coefficient (Wildman–Crippen LogP) is 5.51. The predicted molar refractivity (Wildman–Crippen MR) is 126 cm³/mol. The number of nitrogens with one attached hydrogen (secondary N) is 1. The third-order valence-corrected chi connectivity index (χ3v) is 5.00. The molecule has 0 bridgehead atoms. The Morgan fingerprint density at radius 3 is 2.09 bits per heavy atom. The first-order valence-electron chi connectivity index (χ1n) is 10.3. The normalized spacial score (nSPS) is 10.4. The highest BCUT2D eigenvalue weighted by Gasteiger charge is 2.11. The van der Waals surface area contributed by atoms with Crippen molar-refractivity contribution in [2.24, 2.45) is 0 Å². The molecule has 3 aromatic carbocycles. The van der Waals surface area contributed by atoms with Crippen LogP contribution in [0.15, 0.2) is 79.1 Å². The number of benzene rings is 3. The van der Waals surface area contributed by atoms with E-state index in [4.69, 9.17) is 14.2 Å². The van der Waals surface area contributed by atoms with E-state index in [-0.39, 0.29) is 11.9 Å². The van der Waals surface area contributed by atoms with Gasteiger partial charge >= 0.3 is 6.01 Å². The molecule has 0 fully saturated rings. The average Bonchev–Trinajstić information content (AvgIpc) is 2.85. The Balaban J connectivity index is 1.41. The van der Waals surface area contributed by atoms with Gasteiger partial charge in [-0.3, -0.25) is 4.79 Å². The molecule has 0 aliphatic heterocycles. The second-order valence-electron chi connectivity index (χ2n) is 7.27. The van der Waals surface area contributed by atoms with E-state index in [1.165, 1.54) is 12.7 Å². The Kier molecular flexibility index (Phi) is 6.50. The van der Waals surface area contributed by atoms with Gasteiger partial charge in [0.25, 0.3) is 5.91 Å². The van der Waals surface area contributed by atoms with Crippen LogP contribution in [0.2, 0.25) is 0 Å². The third kappa shape index (κ3) is 5.27. The smallest absolute Gasteiger partial charge is 0.321 e. The van der Waals surface area contributed by atoms with E-state index in [0.29, 0.717) is 28.5 Å². The number of carbonyl (C=O) groups is 1. The molecule has 0 spiro atoms. The molecule has 4 rings (SSSR count). The Morgan fingerprint density at radius 1 is 0.788 bits per heavy atom. The van der Waals surface area contributed by atoms with E-state index in [0.717, 1.165) is 11.1 Å². The molecule has 4 aromatic rings. The van der Waals surface area contributed by atoms with Crippen molar-refractivity contribution in [2.75, 3.05) is 19.5 Å². The van der Waals surface area contributed by atoms with Crippen molar-refractivity contribution in [2.45, 2.75) is 6.92 Å². The fourth-order valence-electron chi connectivity index (χ4n) is 3.14. The number of anilines is 1. The van der Waals surface area contributed by atoms with Crippen LogP contribution in [-0.4, -0.2) is 30.1 Å². The number of methoxy groups -OCH3 is 2. The molecule has 33 heavy (non-hydrogen) atoms. The van der Waals surface area contributed by atoms with E-state index < -0.39 is 0 Å². The van der Waals surface area contributed by atoms with Crippen LogP contribution >= 0.6 is 0 Å². The molecule has 0 atom stereocenters. The second-order valence-corrected chi connectivity index (χ2v) is 7.27. The summed E-state index contributed by atoms with van der Waals surface area (Å²) in [6, 6.07) is 20.3. The zero-order chi connectivity index (χ0) is 23.2. The molecular formula is C26H23N3O4. The maximum Gasteiger partial charge on any atom is 0.321 e. The van der Waals surface area contributed by atoms with Gasteiger partial charge in [0, 0.05) is 29.6 Å². The number of hydrogen-bond donors (Lipinski definition) is 1. The second kappa shape index (κ2) is 9.82. The topological polar surface area (TPSA) is 82.6 Å². The Bertz CT molecular complexity index is 1240. The van der Waals surface area contributed by atoms with Gasteiger partial charge in [-0.1, -0.05) is 29.8 Å². The quantitative estimate of drug-likeness (QED) is 0.407. The van der Waals surface area contributed by atoms with Crippen LogP contribution in [0.25, 0.3) is 11.1 Å². The summed E-state index contributed by atoms with van der Waals surface area (Å²) >= 11 is 0. The van der Waals surface area contributed by atoms with Crippen molar-refractivity contribution < 1.29 is 19.0 Å². The number of rotatable bonds is 7. The van der Waals surface area contributed by atoms with Crippen molar-refractivity contribution >= 4 is 11.6 Å². The SMILES string of the molecule is COc1ccc(NC(=O)c2ccc(Oc3ncc(-c4ccc(C)cc4)cn3)cc2)c(OC)c1. The van der Waals surface area contributed by atoms with Gasteiger partial charge in [0.2, 0.25) is 0 Å². The summed E-state index contributed by atoms with van der Waals surface area (Å²) in [7, 11) is 3.10. The third-order valence-electron chi connectivity index (χ3n) is 5.00. The zero-order valence-corrected chi connectivity index (χ0v) is 18.5. The first-order valence-corrected chi connectivity index (χ1v) is 10.3. The molecule has 1 heterocycles. The maximum atomic E-state index is 12.6. The van der Waals surface area contributed by atoms with Crippen LogP contribution < -0.4 is 19.5 Å². The summed E-state index contributed by atoms with van der Waals surface area (Å²) < 4.78 is 16.2. The van der Waals surface area contributed by atoms with E-state index in [9.17, 15) is 4.79 Å². The molecule has 166 valence electrons. The highest BCUT2D eigenvalue weighted by atomic mass is 16.5. The maximum absolute atomic E-state index is 12.6. The minimum absolute atomic E-state index is 0.228. The number of aromatic nitrogens is 2. The lowest BCUT2D eigenvalue weighted by molar-refractivity contribution is 0.102. The molecule has 1 N–H and O–H groups in total. The lowest BCUT2D eigenvalue weighted by Gasteiger charge is -2.12. The molecule has 7 nitrogen and oxygen atoms in total. The number of carbonyl (C=O) groups excluding carboxylic acids is 1. The van der Waals surface area contributed by atoms with Crippen LogP contribution in [-0.2, 0) is 0 Å². The Labute approximate surface area is 192 Å². The molecule has 0 aliphatic rings. The highest BCUT2D eigenvalue weighted by Crippen LogP contribution is 2.29. The first-order chi connectivity index (χ1) is 16.1. The van der Waals surface area contributed by atoms with Gasteiger partial charge in [0.1, 0.15) is 17.2 Å². The van der Waals surface area contributed by atoms with Crippen LogP contribution in [0.5, 0.6) is 23.3 Å². The standard InChI is InChI=1S/C26H23N3O4/c1-17-4-6-18(7-5-17)20-15-27-26(28-16-20)33-21-10-8-19(9-11-21)25(30)29-23-13-12-22(31-2)14-24(23)32-3/h4-16H,1-3H3,(H,29,30). The van der Waals surface area contributed by atoms with Crippen LogP contribution in [0.3, 0.4) is 0 Å². The molecule has 0 unspecified atom stereocenters. The molecule has 0 aliphatic carbocycles. The lowest BCUT2D eigenvalue weighted by Crippen LogP contribution is -2.12. The van der Waals surface area contributed by atoms with E-state index in [1.807, 2.05) is 31.2 Å². The molecule has 0 saturated heterocycles. The molecular weight excluding hydrogens is 418 g/mol. The van der Waals surface area contributed by atoms with Crippen LogP contribution in [0, 0.1) is 6.92 Å². The van der Waals surface area contributed by atoms with E-state index in [2.05, 4.69) is 15.3 Å². The zero-order valence-electron chi connectivity index (χ0n) is 18.5. The van der Waals surface area contributed by atoms with Gasteiger partial charge in [0.15, 0.2) is 0 Å². The summed E-state index contributed by atoms with van der Waals surface area (Å²) in [6.07, 6.45) is 3.44. The van der Waals surface area contributed by atoms with Gasteiger partial charge in [-0.15, -0.1) is 0 Å². The van der Waals surface area contributed by atoms with Gasteiger partial charge in [0.05, 0.1) is 19.9 Å². The summed E-state index contributed by atoms with van der Waals surface area (Å²) in [5.41, 5.74) is 4.15.